The summed E-state index contributed by atoms with van der Waals surface area (Å²) in [6.07, 6.45) is 0. The molecular formula is C31H26BrN3O2. The summed E-state index contributed by atoms with van der Waals surface area (Å²) < 4.78 is 0.870. The largest absolute Gasteiger partial charge is 0.368 e. The molecule has 1 aliphatic heterocycles. The van der Waals surface area contributed by atoms with Crippen molar-refractivity contribution in [2.45, 2.75) is 5.92 Å². The molecule has 0 radical (unpaired) electrons. The van der Waals surface area contributed by atoms with Crippen LogP contribution in [-0.4, -0.2) is 42.9 Å². The number of nitrogens with one attached hydrogen (secondary N) is 1. The average Bonchev–Trinajstić information content (AvgIpc) is 3.28. The molecule has 6 heteroatoms. The molecule has 0 aromatic heterocycles. The molecule has 0 bridgehead atoms. The first-order valence-corrected chi connectivity index (χ1v) is 13.3. The molecule has 37 heavy (non-hydrogen) atoms. The number of nitrogens with zero attached hydrogens (tertiary/aromatic N) is 2. The highest BCUT2D eigenvalue weighted by Crippen LogP contribution is 2.45. The minimum atomic E-state index is -0.230. The van der Waals surface area contributed by atoms with Crippen molar-refractivity contribution in [1.82, 2.24) is 4.90 Å². The van der Waals surface area contributed by atoms with Crippen molar-refractivity contribution >= 4 is 39.1 Å². The van der Waals surface area contributed by atoms with Gasteiger partial charge >= 0.3 is 0 Å². The number of hydrogen-bond donors (Lipinski definition) is 1. The van der Waals surface area contributed by atoms with Gasteiger partial charge in [0, 0.05) is 47.6 Å². The normalized spacial score (nSPS) is 14.7. The Bertz CT molecular complexity index is 1430. The molecule has 0 saturated carbocycles. The second-order valence-corrected chi connectivity index (χ2v) is 10.3. The van der Waals surface area contributed by atoms with E-state index in [-0.39, 0.29) is 17.7 Å². The summed E-state index contributed by atoms with van der Waals surface area (Å²) in [5.41, 5.74) is 6.99. The van der Waals surface area contributed by atoms with Crippen LogP contribution in [0, 0.1) is 0 Å². The van der Waals surface area contributed by atoms with Gasteiger partial charge in [0.15, 0.2) is 0 Å². The first-order chi connectivity index (χ1) is 18.1. The molecule has 6 rings (SSSR count). The number of carbonyl (C=O) groups excluding carboxylic acids is 2. The van der Waals surface area contributed by atoms with Crippen LogP contribution < -0.4 is 10.2 Å². The monoisotopic (exact) mass is 551 g/mol. The highest BCUT2D eigenvalue weighted by atomic mass is 79.9. The molecule has 184 valence electrons. The minimum Gasteiger partial charge on any atom is -0.368 e. The number of rotatable bonds is 4. The first-order valence-electron chi connectivity index (χ1n) is 12.5. The Hall–Kier alpha value is -3.90. The molecule has 1 aliphatic carbocycles. The summed E-state index contributed by atoms with van der Waals surface area (Å²) in [5, 5.41) is 2.95. The lowest BCUT2D eigenvalue weighted by atomic mass is 9.95. The molecule has 1 heterocycles. The van der Waals surface area contributed by atoms with Crippen LogP contribution in [0.5, 0.6) is 0 Å². The Morgan fingerprint density at radius 3 is 1.97 bits per heavy atom. The second kappa shape index (κ2) is 9.87. The number of benzene rings is 4. The fourth-order valence-electron chi connectivity index (χ4n) is 5.38. The minimum absolute atomic E-state index is 0.142. The van der Waals surface area contributed by atoms with Crippen molar-refractivity contribution in [3.63, 3.8) is 0 Å². The maximum absolute atomic E-state index is 13.7. The van der Waals surface area contributed by atoms with Crippen LogP contribution in [0.4, 0.5) is 11.4 Å². The summed E-state index contributed by atoms with van der Waals surface area (Å²) >= 11 is 3.41. The van der Waals surface area contributed by atoms with Crippen LogP contribution in [-0.2, 0) is 4.79 Å². The summed E-state index contributed by atoms with van der Waals surface area (Å²) in [5.74, 6) is -0.189. The Labute approximate surface area is 224 Å². The molecule has 4 aromatic carbocycles. The molecule has 0 unspecified atom stereocenters. The number of hydrogen-bond acceptors (Lipinski definition) is 3. The number of fused-ring (bicyclic) bond motifs is 3. The maximum atomic E-state index is 13.7. The van der Waals surface area contributed by atoms with E-state index in [4.69, 9.17) is 0 Å². The van der Waals surface area contributed by atoms with Gasteiger partial charge in [0.05, 0.1) is 5.92 Å². The SMILES string of the molecule is O=C(Nc1ccc(N2CCN(C(=O)C3c4ccccc4-c4ccccc43)CC2)cc1)c1cccc(Br)c1. The fourth-order valence-corrected chi connectivity index (χ4v) is 5.78. The zero-order valence-electron chi connectivity index (χ0n) is 20.2. The number of amides is 2. The lowest BCUT2D eigenvalue weighted by Crippen LogP contribution is -2.50. The molecule has 2 amide bonds. The third-order valence-corrected chi connectivity index (χ3v) is 7.74. The van der Waals surface area contributed by atoms with Crippen molar-refractivity contribution in [1.29, 1.82) is 0 Å². The summed E-state index contributed by atoms with van der Waals surface area (Å²) in [7, 11) is 0. The highest BCUT2D eigenvalue weighted by Gasteiger charge is 2.36. The summed E-state index contributed by atoms with van der Waals surface area (Å²) in [4.78, 5) is 30.6. The van der Waals surface area contributed by atoms with Gasteiger partial charge in [-0.25, -0.2) is 0 Å². The van der Waals surface area contributed by atoms with E-state index in [2.05, 4.69) is 50.4 Å². The van der Waals surface area contributed by atoms with E-state index in [9.17, 15) is 9.59 Å². The molecular weight excluding hydrogens is 526 g/mol. The number of piperazine rings is 1. The molecule has 1 fully saturated rings. The van der Waals surface area contributed by atoms with Gasteiger partial charge in [-0.15, -0.1) is 0 Å². The third kappa shape index (κ3) is 4.53. The Balaban J connectivity index is 1.10. The van der Waals surface area contributed by atoms with E-state index in [0.29, 0.717) is 18.7 Å². The van der Waals surface area contributed by atoms with Crippen LogP contribution in [0.25, 0.3) is 11.1 Å². The Morgan fingerprint density at radius 2 is 1.35 bits per heavy atom. The van der Waals surface area contributed by atoms with Crippen molar-refractivity contribution < 1.29 is 9.59 Å². The van der Waals surface area contributed by atoms with Crippen LogP contribution in [0.3, 0.4) is 0 Å². The van der Waals surface area contributed by atoms with E-state index >= 15 is 0 Å². The predicted octanol–water partition coefficient (Wildman–Crippen LogP) is 6.16. The first kappa shape index (κ1) is 23.5. The fraction of sp³-hybridized carbons (Fsp3) is 0.161. The standard InChI is InChI=1S/C31H26BrN3O2/c32-22-7-5-6-21(20-22)30(36)33-23-12-14-24(15-13-23)34-16-18-35(19-17-34)31(37)29-27-10-3-1-8-25(27)26-9-2-4-11-28(26)29/h1-15,20,29H,16-19H2,(H,33,36). The zero-order valence-corrected chi connectivity index (χ0v) is 21.8. The quantitative estimate of drug-likeness (QED) is 0.330. The van der Waals surface area contributed by atoms with Gasteiger partial charge in [-0.1, -0.05) is 70.5 Å². The van der Waals surface area contributed by atoms with E-state index in [1.54, 1.807) is 12.1 Å². The maximum Gasteiger partial charge on any atom is 0.255 e. The van der Waals surface area contributed by atoms with Crippen molar-refractivity contribution in [3.05, 3.63) is 118 Å². The van der Waals surface area contributed by atoms with Gasteiger partial charge in [-0.2, -0.15) is 0 Å². The zero-order chi connectivity index (χ0) is 25.4. The van der Waals surface area contributed by atoms with E-state index < -0.39 is 0 Å². The lowest BCUT2D eigenvalue weighted by Gasteiger charge is -2.37. The number of carbonyl (C=O) groups is 2. The predicted molar refractivity (Wildman–Crippen MR) is 151 cm³/mol. The molecule has 4 aromatic rings. The van der Waals surface area contributed by atoms with Crippen LogP contribution in [0.15, 0.2) is 102 Å². The van der Waals surface area contributed by atoms with Crippen molar-refractivity contribution in [3.8, 4) is 11.1 Å². The van der Waals surface area contributed by atoms with Crippen molar-refractivity contribution in [2.75, 3.05) is 36.4 Å². The summed E-state index contributed by atoms with van der Waals surface area (Å²) in [6.45, 7) is 2.90. The summed E-state index contributed by atoms with van der Waals surface area (Å²) in [6, 6.07) is 31.8. The lowest BCUT2D eigenvalue weighted by molar-refractivity contribution is -0.132. The van der Waals surface area contributed by atoms with E-state index in [1.807, 2.05) is 65.6 Å². The smallest absolute Gasteiger partial charge is 0.255 e. The average molecular weight is 552 g/mol. The Kier molecular flexibility index (Phi) is 6.26. The van der Waals surface area contributed by atoms with Gasteiger partial charge in [0.1, 0.15) is 0 Å². The van der Waals surface area contributed by atoms with E-state index in [0.717, 1.165) is 40.1 Å². The van der Waals surface area contributed by atoms with Gasteiger partial charge in [0.2, 0.25) is 5.91 Å². The van der Waals surface area contributed by atoms with Gasteiger partial charge in [-0.3, -0.25) is 9.59 Å². The highest BCUT2D eigenvalue weighted by molar-refractivity contribution is 9.10. The van der Waals surface area contributed by atoms with Gasteiger partial charge in [0.25, 0.3) is 5.91 Å². The van der Waals surface area contributed by atoms with Gasteiger partial charge < -0.3 is 15.1 Å². The van der Waals surface area contributed by atoms with Crippen molar-refractivity contribution in [2.24, 2.45) is 0 Å². The van der Waals surface area contributed by atoms with E-state index in [1.165, 1.54) is 11.1 Å². The molecule has 0 spiro atoms. The van der Waals surface area contributed by atoms with Crippen LogP contribution in [0.1, 0.15) is 27.4 Å². The molecule has 2 aliphatic rings. The topological polar surface area (TPSA) is 52.7 Å². The third-order valence-electron chi connectivity index (χ3n) is 7.25. The number of anilines is 2. The molecule has 1 N–H and O–H groups in total. The molecule has 1 saturated heterocycles. The van der Waals surface area contributed by atoms with Crippen LogP contribution in [0.2, 0.25) is 0 Å². The van der Waals surface area contributed by atoms with Crippen LogP contribution >= 0.6 is 15.9 Å². The molecule has 0 atom stereocenters. The second-order valence-electron chi connectivity index (χ2n) is 9.43. The van der Waals surface area contributed by atoms with Gasteiger partial charge in [-0.05, 0) is 64.7 Å². The molecule has 5 nitrogen and oxygen atoms in total. The Morgan fingerprint density at radius 1 is 0.730 bits per heavy atom. The number of halogens is 1.